The summed E-state index contributed by atoms with van der Waals surface area (Å²) >= 11 is 10.2. The molecule has 3 heterocycles. The zero-order chi connectivity index (χ0) is 23.1. The van der Waals surface area contributed by atoms with Crippen molar-refractivity contribution in [3.8, 4) is 27.5 Å². The summed E-state index contributed by atoms with van der Waals surface area (Å²) in [4.78, 5) is 24.3. The molecule has 0 unspecified atom stereocenters. The summed E-state index contributed by atoms with van der Waals surface area (Å²) < 4.78 is 2.99. The lowest BCUT2D eigenvalue weighted by Crippen LogP contribution is -2.21. The van der Waals surface area contributed by atoms with Gasteiger partial charge in [0.2, 0.25) is 0 Å². The second-order valence-electron chi connectivity index (χ2n) is 7.88. The topological polar surface area (TPSA) is 63.9 Å². The Morgan fingerprint density at radius 2 is 2.12 bits per heavy atom. The van der Waals surface area contributed by atoms with Crippen molar-refractivity contribution < 1.29 is 4.79 Å². The first-order valence-electron chi connectivity index (χ1n) is 10.6. The van der Waals surface area contributed by atoms with Gasteiger partial charge in [-0.1, -0.05) is 30.3 Å². The number of nitrogens with zero attached hydrogens (tertiary/aromatic N) is 5. The zero-order valence-electron chi connectivity index (χ0n) is 18.5. The molecule has 5 rings (SSSR count). The summed E-state index contributed by atoms with van der Waals surface area (Å²) in [5.41, 5.74) is 6.48. The lowest BCUT2D eigenvalue weighted by Gasteiger charge is -2.16. The minimum absolute atomic E-state index is 0.0898. The van der Waals surface area contributed by atoms with Gasteiger partial charge in [-0.05, 0) is 48.9 Å². The Morgan fingerprint density at radius 3 is 2.82 bits per heavy atom. The molecule has 3 aromatic heterocycles. The largest absolute Gasteiger partial charge is 0.345 e. The van der Waals surface area contributed by atoms with Gasteiger partial charge in [-0.2, -0.15) is 5.10 Å². The Balaban J connectivity index is 1.71. The van der Waals surface area contributed by atoms with Gasteiger partial charge in [0.15, 0.2) is 4.34 Å². The lowest BCUT2D eigenvalue weighted by molar-refractivity contribution is 0.0827. The molecule has 0 saturated carbocycles. The van der Waals surface area contributed by atoms with E-state index in [0.717, 1.165) is 56.1 Å². The van der Waals surface area contributed by atoms with E-state index in [4.69, 9.17) is 21.7 Å². The maximum Gasteiger partial charge on any atom is 0.253 e. The minimum atomic E-state index is -0.0898. The van der Waals surface area contributed by atoms with E-state index in [9.17, 15) is 4.79 Å². The molecule has 33 heavy (non-hydrogen) atoms. The third-order valence-corrected chi connectivity index (χ3v) is 7.95. The number of carbonyl (C=O) groups excluding carboxylic acids is 1. The molecular weight excluding hydrogens is 474 g/mol. The van der Waals surface area contributed by atoms with E-state index in [1.165, 1.54) is 10.5 Å². The van der Waals surface area contributed by atoms with E-state index in [-0.39, 0.29) is 5.91 Å². The number of benzene rings is 1. The number of aryl methyl sites for hydroxylation is 1. The highest BCUT2D eigenvalue weighted by Crippen LogP contribution is 2.45. The molecule has 0 saturated heterocycles. The Morgan fingerprint density at radius 1 is 1.27 bits per heavy atom. The fourth-order valence-corrected chi connectivity index (χ4v) is 6.44. The molecule has 4 aromatic rings. The number of hydrogen-bond donors (Lipinski definition) is 0. The molecule has 1 aliphatic carbocycles. The van der Waals surface area contributed by atoms with Gasteiger partial charge in [0.05, 0.1) is 32.7 Å². The van der Waals surface area contributed by atoms with Crippen molar-refractivity contribution in [3.05, 3.63) is 64.6 Å². The SMILES string of the molecule is CCSc1nc2c(s1)-c1c(c(-c3cccnc3)nn1-c1ccc(C(=O)N(C)C)cc1Cl)CC2. The average Bonchev–Trinajstić information content (AvgIpc) is 3.40. The highest BCUT2D eigenvalue weighted by Gasteiger charge is 2.30. The van der Waals surface area contributed by atoms with Gasteiger partial charge < -0.3 is 4.90 Å². The van der Waals surface area contributed by atoms with E-state index in [0.29, 0.717) is 10.6 Å². The van der Waals surface area contributed by atoms with Crippen LogP contribution in [0.4, 0.5) is 0 Å². The van der Waals surface area contributed by atoms with Crippen molar-refractivity contribution in [2.24, 2.45) is 0 Å². The quantitative estimate of drug-likeness (QED) is 0.336. The molecule has 1 aromatic carbocycles. The number of hydrogen-bond acceptors (Lipinski definition) is 6. The number of carbonyl (C=O) groups is 1. The number of aromatic nitrogens is 4. The second-order valence-corrected chi connectivity index (χ2v) is 10.8. The van der Waals surface area contributed by atoms with Crippen LogP contribution in [0.15, 0.2) is 47.1 Å². The molecule has 1 aliphatic rings. The number of fused-ring (bicyclic) bond motifs is 3. The molecule has 6 nitrogen and oxygen atoms in total. The molecule has 0 fully saturated rings. The molecule has 9 heteroatoms. The third-order valence-electron chi connectivity index (χ3n) is 5.52. The number of halogens is 1. The van der Waals surface area contributed by atoms with Gasteiger partial charge in [-0.25, -0.2) is 9.67 Å². The minimum Gasteiger partial charge on any atom is -0.345 e. The average molecular weight is 496 g/mol. The van der Waals surface area contributed by atoms with Crippen molar-refractivity contribution in [1.82, 2.24) is 24.6 Å². The van der Waals surface area contributed by atoms with Crippen molar-refractivity contribution in [2.45, 2.75) is 24.1 Å². The molecule has 0 N–H and O–H groups in total. The summed E-state index contributed by atoms with van der Waals surface area (Å²) in [6.07, 6.45) is 5.33. The van der Waals surface area contributed by atoms with Crippen molar-refractivity contribution in [3.63, 3.8) is 0 Å². The monoisotopic (exact) mass is 495 g/mol. The van der Waals surface area contributed by atoms with E-state index >= 15 is 0 Å². The van der Waals surface area contributed by atoms with Crippen LogP contribution < -0.4 is 0 Å². The van der Waals surface area contributed by atoms with Crippen molar-refractivity contribution in [2.75, 3.05) is 19.8 Å². The number of amides is 1. The lowest BCUT2D eigenvalue weighted by atomic mass is 9.95. The Labute approximate surface area is 205 Å². The van der Waals surface area contributed by atoms with Crippen molar-refractivity contribution >= 4 is 40.6 Å². The second kappa shape index (κ2) is 8.93. The first kappa shape index (κ1) is 22.1. The molecule has 0 bridgehead atoms. The predicted molar refractivity (Wildman–Crippen MR) is 135 cm³/mol. The molecule has 1 amide bonds. The van der Waals surface area contributed by atoms with Crippen LogP contribution in [0.2, 0.25) is 5.02 Å². The van der Waals surface area contributed by atoms with Gasteiger partial charge in [-0.3, -0.25) is 9.78 Å². The first-order valence-corrected chi connectivity index (χ1v) is 12.8. The summed E-state index contributed by atoms with van der Waals surface area (Å²) in [6.45, 7) is 2.14. The van der Waals surface area contributed by atoms with Crippen LogP contribution in [0.3, 0.4) is 0 Å². The standard InChI is InChI=1S/C24H22ClN5OS2/c1-4-32-24-27-18-9-8-16-20(15-6-5-11-26-13-15)28-30(21(16)22(18)33-24)19-10-7-14(12-17(19)25)23(31)29(2)3/h5-7,10-13H,4,8-9H2,1-3H3. The van der Waals surface area contributed by atoms with Gasteiger partial charge in [-0.15, -0.1) is 11.3 Å². The van der Waals surface area contributed by atoms with Gasteiger partial charge in [0.1, 0.15) is 0 Å². The zero-order valence-corrected chi connectivity index (χ0v) is 20.9. The molecule has 0 radical (unpaired) electrons. The molecule has 0 aliphatic heterocycles. The van der Waals surface area contributed by atoms with Crippen LogP contribution in [0.1, 0.15) is 28.5 Å². The van der Waals surface area contributed by atoms with Gasteiger partial charge >= 0.3 is 0 Å². The first-order chi connectivity index (χ1) is 16.0. The highest BCUT2D eigenvalue weighted by molar-refractivity contribution is 8.01. The number of rotatable bonds is 5. The summed E-state index contributed by atoms with van der Waals surface area (Å²) in [5.74, 6) is 0.889. The summed E-state index contributed by atoms with van der Waals surface area (Å²) in [7, 11) is 3.46. The molecule has 0 spiro atoms. The number of thiazole rings is 1. The highest BCUT2D eigenvalue weighted by atomic mass is 35.5. The Bertz CT molecular complexity index is 1350. The smallest absolute Gasteiger partial charge is 0.253 e. The van der Waals surface area contributed by atoms with E-state index < -0.39 is 0 Å². The molecule has 0 atom stereocenters. The van der Waals surface area contributed by atoms with Crippen LogP contribution in [-0.4, -0.2) is 50.4 Å². The van der Waals surface area contributed by atoms with Crippen molar-refractivity contribution in [1.29, 1.82) is 0 Å². The fourth-order valence-electron chi connectivity index (χ4n) is 4.01. The summed E-state index contributed by atoms with van der Waals surface area (Å²) in [6, 6.07) is 9.34. The van der Waals surface area contributed by atoms with E-state index in [1.807, 2.05) is 29.1 Å². The van der Waals surface area contributed by atoms with Crippen LogP contribution in [0.25, 0.3) is 27.5 Å². The number of thioether (sulfide) groups is 1. The summed E-state index contributed by atoms with van der Waals surface area (Å²) in [5, 5.41) is 5.50. The Kier molecular flexibility index (Phi) is 5.99. The molecule has 168 valence electrons. The Hall–Kier alpha value is -2.68. The maximum atomic E-state index is 12.4. The molecular formula is C24H22ClN5OS2. The number of pyridine rings is 1. The van der Waals surface area contributed by atoms with Gasteiger partial charge in [0.25, 0.3) is 5.91 Å². The normalized spacial score (nSPS) is 12.4. The van der Waals surface area contributed by atoms with E-state index in [2.05, 4.69) is 11.9 Å². The maximum absolute atomic E-state index is 12.4. The van der Waals surface area contributed by atoms with Crippen LogP contribution in [0, 0.1) is 0 Å². The van der Waals surface area contributed by atoms with Crippen LogP contribution >= 0.6 is 34.7 Å². The third kappa shape index (κ3) is 3.96. The van der Waals surface area contributed by atoms with E-state index in [1.54, 1.807) is 55.5 Å². The fraction of sp³-hybridized carbons (Fsp3) is 0.250. The van der Waals surface area contributed by atoms with Gasteiger partial charge in [0, 0.05) is 43.2 Å². The van der Waals surface area contributed by atoms with Crippen LogP contribution in [-0.2, 0) is 12.8 Å². The van der Waals surface area contributed by atoms with Crippen LogP contribution in [0.5, 0.6) is 0 Å². The predicted octanol–water partition coefficient (Wildman–Crippen LogP) is 5.62.